The predicted octanol–water partition coefficient (Wildman–Crippen LogP) is 2.36. The van der Waals surface area contributed by atoms with Crippen LogP contribution in [0.4, 0.5) is 0 Å². The largest absolute Gasteiger partial charge is 0.462 e. The van der Waals surface area contributed by atoms with Gasteiger partial charge in [-0.1, -0.05) is 6.92 Å². The van der Waals surface area contributed by atoms with Gasteiger partial charge in [-0.25, -0.2) is 0 Å². The summed E-state index contributed by atoms with van der Waals surface area (Å²) in [5, 5.41) is 0. The first-order valence-corrected chi connectivity index (χ1v) is 8.98. The van der Waals surface area contributed by atoms with Crippen molar-refractivity contribution in [3.05, 3.63) is 0 Å². The first-order chi connectivity index (χ1) is 11.4. The molecule has 0 aromatic carbocycles. The molecule has 5 atom stereocenters. The number of esters is 1. The van der Waals surface area contributed by atoms with Crippen LogP contribution in [0.5, 0.6) is 0 Å². The SMILES string of the molecule is CCC(C)(C)C(=O)OCC1OC2OC(C)(C)OC2C2OC(C)(C)OC12. The summed E-state index contributed by atoms with van der Waals surface area (Å²) in [6, 6.07) is 0. The van der Waals surface area contributed by atoms with Crippen molar-refractivity contribution in [1.29, 1.82) is 0 Å². The van der Waals surface area contributed by atoms with E-state index in [-0.39, 0.29) is 30.9 Å². The zero-order chi connectivity index (χ0) is 18.6. The van der Waals surface area contributed by atoms with Gasteiger partial charge in [-0.05, 0) is 48.0 Å². The Kier molecular flexibility index (Phi) is 4.70. The summed E-state index contributed by atoms with van der Waals surface area (Å²) < 4.78 is 35.4. The maximum Gasteiger partial charge on any atom is 0.311 e. The third kappa shape index (κ3) is 3.71. The Morgan fingerprint density at radius 3 is 2.16 bits per heavy atom. The summed E-state index contributed by atoms with van der Waals surface area (Å²) >= 11 is 0. The molecule has 0 spiro atoms. The van der Waals surface area contributed by atoms with Crippen LogP contribution in [0.15, 0.2) is 0 Å². The summed E-state index contributed by atoms with van der Waals surface area (Å²) in [7, 11) is 0. The van der Waals surface area contributed by atoms with Crippen molar-refractivity contribution in [2.24, 2.45) is 5.41 Å². The lowest BCUT2D eigenvalue weighted by Crippen LogP contribution is -2.56. The molecule has 3 saturated heterocycles. The summed E-state index contributed by atoms with van der Waals surface area (Å²) in [5.74, 6) is -1.76. The van der Waals surface area contributed by atoms with Gasteiger partial charge < -0.3 is 28.4 Å². The Balaban J connectivity index is 1.73. The van der Waals surface area contributed by atoms with E-state index in [4.69, 9.17) is 28.4 Å². The summed E-state index contributed by atoms with van der Waals surface area (Å²) in [6.07, 6.45) is -1.43. The van der Waals surface area contributed by atoms with Gasteiger partial charge in [0.1, 0.15) is 31.0 Å². The maximum atomic E-state index is 12.3. The molecule has 0 aromatic heterocycles. The second-order valence-corrected chi connectivity index (χ2v) is 8.54. The maximum absolute atomic E-state index is 12.3. The minimum absolute atomic E-state index is 0.0931. The van der Waals surface area contributed by atoms with Gasteiger partial charge in [-0.15, -0.1) is 0 Å². The van der Waals surface area contributed by atoms with Gasteiger partial charge in [-0.2, -0.15) is 0 Å². The van der Waals surface area contributed by atoms with Crippen LogP contribution in [0, 0.1) is 5.41 Å². The van der Waals surface area contributed by atoms with Gasteiger partial charge in [-0.3, -0.25) is 4.79 Å². The Hall–Kier alpha value is -0.730. The van der Waals surface area contributed by atoms with Gasteiger partial charge in [0.2, 0.25) is 0 Å². The fourth-order valence-corrected chi connectivity index (χ4v) is 3.33. The number of carbonyl (C=O) groups excluding carboxylic acids is 1. The highest BCUT2D eigenvalue weighted by Crippen LogP contribution is 2.44. The topological polar surface area (TPSA) is 72.5 Å². The Labute approximate surface area is 149 Å². The molecule has 0 radical (unpaired) electrons. The van der Waals surface area contributed by atoms with Crippen molar-refractivity contribution in [3.63, 3.8) is 0 Å². The van der Waals surface area contributed by atoms with E-state index >= 15 is 0 Å². The van der Waals surface area contributed by atoms with Gasteiger partial charge in [0.15, 0.2) is 17.9 Å². The quantitative estimate of drug-likeness (QED) is 0.714. The van der Waals surface area contributed by atoms with E-state index in [1.807, 2.05) is 48.5 Å². The second kappa shape index (κ2) is 6.16. The molecule has 5 unspecified atom stereocenters. The van der Waals surface area contributed by atoms with E-state index in [0.29, 0.717) is 6.42 Å². The van der Waals surface area contributed by atoms with Crippen molar-refractivity contribution in [2.75, 3.05) is 6.61 Å². The Bertz CT molecular complexity index is 528. The van der Waals surface area contributed by atoms with E-state index in [0.717, 1.165) is 0 Å². The molecule has 0 bridgehead atoms. The van der Waals surface area contributed by atoms with Gasteiger partial charge in [0, 0.05) is 0 Å². The average Bonchev–Trinajstić information content (AvgIpc) is 2.98. The molecule has 0 amide bonds. The molecule has 3 fully saturated rings. The average molecular weight is 358 g/mol. The minimum Gasteiger partial charge on any atom is -0.462 e. The van der Waals surface area contributed by atoms with Crippen LogP contribution < -0.4 is 0 Å². The van der Waals surface area contributed by atoms with Crippen LogP contribution >= 0.6 is 0 Å². The van der Waals surface area contributed by atoms with Crippen molar-refractivity contribution in [2.45, 2.75) is 97.2 Å². The molecule has 0 saturated carbocycles. The van der Waals surface area contributed by atoms with Crippen LogP contribution in [-0.2, 0) is 33.2 Å². The van der Waals surface area contributed by atoms with Crippen LogP contribution in [0.2, 0.25) is 0 Å². The molecule has 0 N–H and O–H groups in total. The molecule has 7 heteroatoms. The smallest absolute Gasteiger partial charge is 0.311 e. The monoisotopic (exact) mass is 358 g/mol. The van der Waals surface area contributed by atoms with Crippen LogP contribution in [0.1, 0.15) is 54.9 Å². The second-order valence-electron chi connectivity index (χ2n) is 8.54. The van der Waals surface area contributed by atoms with E-state index in [2.05, 4.69) is 0 Å². The number of hydrogen-bond donors (Lipinski definition) is 0. The molecule has 3 rings (SSSR count). The fraction of sp³-hybridized carbons (Fsp3) is 0.944. The molecule has 3 heterocycles. The lowest BCUT2D eigenvalue weighted by Gasteiger charge is -2.37. The van der Waals surface area contributed by atoms with Crippen molar-refractivity contribution in [3.8, 4) is 0 Å². The minimum atomic E-state index is -0.758. The third-order valence-corrected chi connectivity index (χ3v) is 5.07. The molecule has 25 heavy (non-hydrogen) atoms. The third-order valence-electron chi connectivity index (χ3n) is 5.07. The van der Waals surface area contributed by atoms with Gasteiger partial charge >= 0.3 is 5.97 Å². The first kappa shape index (κ1) is 19.0. The molecule has 0 aromatic rings. The molecule has 144 valence electrons. The lowest BCUT2D eigenvalue weighted by atomic mass is 9.90. The molecular formula is C18H30O7. The van der Waals surface area contributed by atoms with Crippen LogP contribution in [0.25, 0.3) is 0 Å². The summed E-state index contributed by atoms with van der Waals surface area (Å²) in [4.78, 5) is 12.3. The molecule has 7 nitrogen and oxygen atoms in total. The van der Waals surface area contributed by atoms with E-state index in [9.17, 15) is 4.79 Å². The summed E-state index contributed by atoms with van der Waals surface area (Å²) in [6.45, 7) is 13.2. The molecular weight excluding hydrogens is 328 g/mol. The van der Waals surface area contributed by atoms with Crippen molar-refractivity contribution >= 4 is 5.97 Å². The molecule has 3 aliphatic heterocycles. The summed E-state index contributed by atoms with van der Waals surface area (Å²) in [5.41, 5.74) is -0.530. The Morgan fingerprint density at radius 2 is 1.52 bits per heavy atom. The standard InChI is InChI=1S/C18H30O7/c1-8-16(2,3)15(19)20-9-10-11-12(23-17(4,5)22-11)13-14(21-10)25-18(6,7)24-13/h10-14H,8-9H2,1-7H3. The highest BCUT2D eigenvalue weighted by Gasteiger charge is 2.60. The number of carbonyl (C=O) groups is 1. The van der Waals surface area contributed by atoms with E-state index in [1.54, 1.807) is 0 Å². The van der Waals surface area contributed by atoms with Crippen LogP contribution in [-0.4, -0.2) is 54.9 Å². The number of fused-ring (bicyclic) bond motifs is 3. The normalized spacial score (nSPS) is 38.9. The van der Waals surface area contributed by atoms with E-state index in [1.165, 1.54) is 0 Å². The fourth-order valence-electron chi connectivity index (χ4n) is 3.33. The number of ether oxygens (including phenoxy) is 6. The molecule has 3 aliphatic rings. The van der Waals surface area contributed by atoms with Crippen molar-refractivity contribution in [1.82, 2.24) is 0 Å². The number of hydrogen-bond acceptors (Lipinski definition) is 7. The van der Waals surface area contributed by atoms with Gasteiger partial charge in [0.25, 0.3) is 0 Å². The van der Waals surface area contributed by atoms with Crippen molar-refractivity contribution < 1.29 is 33.2 Å². The predicted molar refractivity (Wildman–Crippen MR) is 87.6 cm³/mol. The lowest BCUT2D eigenvalue weighted by molar-refractivity contribution is -0.243. The van der Waals surface area contributed by atoms with Crippen LogP contribution in [0.3, 0.4) is 0 Å². The number of rotatable bonds is 4. The first-order valence-electron chi connectivity index (χ1n) is 8.98. The van der Waals surface area contributed by atoms with E-state index < -0.39 is 29.4 Å². The zero-order valence-corrected chi connectivity index (χ0v) is 16.2. The van der Waals surface area contributed by atoms with Gasteiger partial charge in [0.05, 0.1) is 5.41 Å². The highest BCUT2D eigenvalue weighted by atomic mass is 16.9. The Morgan fingerprint density at radius 1 is 0.960 bits per heavy atom. The molecule has 0 aliphatic carbocycles. The zero-order valence-electron chi connectivity index (χ0n) is 16.2. The highest BCUT2D eigenvalue weighted by molar-refractivity contribution is 5.75.